The van der Waals surface area contributed by atoms with Crippen LogP contribution in [0.25, 0.3) is 0 Å². The van der Waals surface area contributed by atoms with Crippen LogP contribution in [0.1, 0.15) is 28.8 Å². The molecule has 3 N–H and O–H groups in total. The van der Waals surface area contributed by atoms with Crippen LogP contribution in [-0.2, 0) is 6.54 Å². The molecule has 1 aliphatic rings. The summed E-state index contributed by atoms with van der Waals surface area (Å²) in [7, 11) is 0. The standard InChI is InChI=1S/C25H25FN4O2/c26-21-10-4-5-11-22(21)29-25(32)28-19-12-13-23(30-14-6-7-15-30)20(16-19)24(31)27-17-18-8-2-1-3-9-18/h1-5,8-13,16H,6-7,14-15,17H2,(H,27,31)(H2,28,29,32). The molecule has 6 nitrogen and oxygen atoms in total. The van der Waals surface area contributed by atoms with Crippen LogP contribution >= 0.6 is 0 Å². The van der Waals surface area contributed by atoms with E-state index in [4.69, 9.17) is 0 Å². The van der Waals surface area contributed by atoms with E-state index in [1.807, 2.05) is 36.4 Å². The zero-order valence-corrected chi connectivity index (χ0v) is 17.6. The molecule has 1 fully saturated rings. The van der Waals surface area contributed by atoms with Crippen LogP contribution < -0.4 is 20.9 Å². The first kappa shape index (κ1) is 21.4. The van der Waals surface area contributed by atoms with Gasteiger partial charge in [-0.1, -0.05) is 42.5 Å². The number of carbonyl (C=O) groups is 2. The Morgan fingerprint density at radius 2 is 1.59 bits per heavy atom. The molecular formula is C25H25FN4O2. The molecule has 0 spiro atoms. The van der Waals surface area contributed by atoms with Crippen LogP contribution in [0.5, 0.6) is 0 Å². The van der Waals surface area contributed by atoms with Crippen molar-refractivity contribution in [3.63, 3.8) is 0 Å². The van der Waals surface area contributed by atoms with E-state index >= 15 is 0 Å². The van der Waals surface area contributed by atoms with Gasteiger partial charge < -0.3 is 20.9 Å². The third-order valence-corrected chi connectivity index (χ3v) is 5.36. The van der Waals surface area contributed by atoms with E-state index in [1.54, 1.807) is 24.3 Å². The summed E-state index contributed by atoms with van der Waals surface area (Å²) in [5.74, 6) is -0.734. The molecular weight excluding hydrogens is 407 g/mol. The Hall–Kier alpha value is -3.87. The first-order valence-corrected chi connectivity index (χ1v) is 10.6. The zero-order valence-electron chi connectivity index (χ0n) is 17.6. The maximum Gasteiger partial charge on any atom is 0.323 e. The van der Waals surface area contributed by atoms with Crippen molar-refractivity contribution >= 4 is 29.0 Å². The SMILES string of the molecule is O=C(Nc1ccc(N2CCCC2)c(C(=O)NCc2ccccc2)c1)Nc1ccccc1F. The number of rotatable bonds is 6. The van der Waals surface area contributed by atoms with E-state index in [0.717, 1.165) is 37.2 Å². The molecule has 4 rings (SSSR count). The molecule has 7 heteroatoms. The van der Waals surface area contributed by atoms with E-state index in [-0.39, 0.29) is 11.6 Å². The van der Waals surface area contributed by atoms with Gasteiger partial charge in [0, 0.05) is 31.0 Å². The lowest BCUT2D eigenvalue weighted by atomic mass is 10.1. The number of benzene rings is 3. The average Bonchev–Trinajstić information content (AvgIpc) is 3.34. The van der Waals surface area contributed by atoms with Crippen molar-refractivity contribution in [2.75, 3.05) is 28.6 Å². The molecule has 0 aliphatic carbocycles. The van der Waals surface area contributed by atoms with Gasteiger partial charge in [0.25, 0.3) is 5.91 Å². The maximum absolute atomic E-state index is 13.8. The molecule has 3 amide bonds. The lowest BCUT2D eigenvalue weighted by Crippen LogP contribution is -2.27. The zero-order chi connectivity index (χ0) is 22.3. The van der Waals surface area contributed by atoms with E-state index in [9.17, 15) is 14.0 Å². The normalized spacial score (nSPS) is 13.0. The molecule has 32 heavy (non-hydrogen) atoms. The highest BCUT2D eigenvalue weighted by Gasteiger charge is 2.20. The first-order valence-electron chi connectivity index (χ1n) is 10.6. The number of halogens is 1. The molecule has 0 unspecified atom stereocenters. The second kappa shape index (κ2) is 9.96. The van der Waals surface area contributed by atoms with Crippen molar-refractivity contribution in [1.29, 1.82) is 0 Å². The Balaban J connectivity index is 1.51. The van der Waals surface area contributed by atoms with E-state index in [1.165, 1.54) is 12.1 Å². The Morgan fingerprint density at radius 3 is 2.34 bits per heavy atom. The molecule has 0 aromatic heterocycles. The molecule has 1 aliphatic heterocycles. The van der Waals surface area contributed by atoms with Crippen molar-refractivity contribution in [2.24, 2.45) is 0 Å². The fraction of sp³-hybridized carbons (Fsp3) is 0.200. The third kappa shape index (κ3) is 5.24. The molecule has 3 aromatic carbocycles. The Kier molecular flexibility index (Phi) is 6.65. The Labute approximate surface area is 186 Å². The first-order chi connectivity index (χ1) is 15.6. The lowest BCUT2D eigenvalue weighted by molar-refractivity contribution is 0.0951. The van der Waals surface area contributed by atoms with Gasteiger partial charge in [-0.05, 0) is 48.7 Å². The minimum absolute atomic E-state index is 0.0829. The molecule has 0 bridgehead atoms. The number of hydrogen-bond acceptors (Lipinski definition) is 3. The van der Waals surface area contributed by atoms with Crippen LogP contribution in [-0.4, -0.2) is 25.0 Å². The summed E-state index contributed by atoms with van der Waals surface area (Å²) >= 11 is 0. The number of para-hydroxylation sites is 1. The second-order valence-corrected chi connectivity index (χ2v) is 7.65. The molecule has 1 saturated heterocycles. The monoisotopic (exact) mass is 432 g/mol. The van der Waals surface area contributed by atoms with Gasteiger partial charge >= 0.3 is 6.03 Å². The minimum atomic E-state index is -0.584. The number of carbonyl (C=O) groups excluding carboxylic acids is 2. The van der Waals surface area contributed by atoms with Crippen LogP contribution in [0.2, 0.25) is 0 Å². The van der Waals surface area contributed by atoms with Crippen molar-refractivity contribution in [1.82, 2.24) is 5.32 Å². The number of nitrogens with one attached hydrogen (secondary N) is 3. The summed E-state index contributed by atoms with van der Waals surface area (Å²) < 4.78 is 13.8. The maximum atomic E-state index is 13.8. The number of anilines is 3. The lowest BCUT2D eigenvalue weighted by Gasteiger charge is -2.22. The fourth-order valence-corrected chi connectivity index (χ4v) is 3.75. The van der Waals surface area contributed by atoms with E-state index < -0.39 is 11.8 Å². The summed E-state index contributed by atoms with van der Waals surface area (Å²) in [6.45, 7) is 2.18. The van der Waals surface area contributed by atoms with Gasteiger partial charge in [0.1, 0.15) is 5.82 Å². The number of amides is 3. The quantitative estimate of drug-likeness (QED) is 0.513. The van der Waals surface area contributed by atoms with E-state index in [2.05, 4.69) is 20.9 Å². The van der Waals surface area contributed by atoms with Crippen LogP contribution in [0.15, 0.2) is 72.8 Å². The van der Waals surface area contributed by atoms with Crippen LogP contribution in [0.4, 0.5) is 26.2 Å². The van der Waals surface area contributed by atoms with E-state index in [0.29, 0.717) is 17.8 Å². The highest BCUT2D eigenvalue weighted by molar-refractivity contribution is 6.04. The topological polar surface area (TPSA) is 73.5 Å². The molecule has 3 aromatic rings. The molecule has 164 valence electrons. The third-order valence-electron chi connectivity index (χ3n) is 5.36. The second-order valence-electron chi connectivity index (χ2n) is 7.65. The van der Waals surface area contributed by atoms with Gasteiger partial charge in [-0.2, -0.15) is 0 Å². The summed E-state index contributed by atoms with van der Waals surface area (Å²) in [6.07, 6.45) is 2.16. The van der Waals surface area contributed by atoms with Crippen molar-refractivity contribution < 1.29 is 14.0 Å². The average molecular weight is 432 g/mol. The Bertz CT molecular complexity index is 1100. The van der Waals surface area contributed by atoms with Gasteiger partial charge in [-0.15, -0.1) is 0 Å². The highest BCUT2D eigenvalue weighted by Crippen LogP contribution is 2.28. The number of hydrogen-bond donors (Lipinski definition) is 3. The van der Waals surface area contributed by atoms with Gasteiger partial charge in [0.2, 0.25) is 0 Å². The fourth-order valence-electron chi connectivity index (χ4n) is 3.75. The van der Waals surface area contributed by atoms with Crippen molar-refractivity contribution in [2.45, 2.75) is 19.4 Å². The predicted molar refractivity (Wildman–Crippen MR) is 125 cm³/mol. The molecule has 0 radical (unpaired) electrons. The number of urea groups is 1. The summed E-state index contributed by atoms with van der Waals surface area (Å²) in [6, 6.07) is 20.3. The number of nitrogens with zero attached hydrogens (tertiary/aromatic N) is 1. The summed E-state index contributed by atoms with van der Waals surface area (Å²) in [5.41, 5.74) is 2.87. The molecule has 1 heterocycles. The van der Waals surface area contributed by atoms with Gasteiger partial charge in [-0.25, -0.2) is 9.18 Å². The smallest absolute Gasteiger partial charge is 0.323 e. The molecule has 0 atom stereocenters. The van der Waals surface area contributed by atoms with Gasteiger partial charge in [-0.3, -0.25) is 4.79 Å². The van der Waals surface area contributed by atoms with Gasteiger partial charge in [0.05, 0.1) is 11.3 Å². The summed E-state index contributed by atoms with van der Waals surface area (Å²) in [5, 5.41) is 8.14. The van der Waals surface area contributed by atoms with Gasteiger partial charge in [0.15, 0.2) is 0 Å². The minimum Gasteiger partial charge on any atom is -0.371 e. The molecule has 0 saturated carbocycles. The van der Waals surface area contributed by atoms with Crippen molar-refractivity contribution in [3.8, 4) is 0 Å². The highest BCUT2D eigenvalue weighted by atomic mass is 19.1. The van der Waals surface area contributed by atoms with Crippen molar-refractivity contribution in [3.05, 3.63) is 89.7 Å². The largest absolute Gasteiger partial charge is 0.371 e. The predicted octanol–water partition coefficient (Wildman–Crippen LogP) is 5.00. The van der Waals surface area contributed by atoms with Crippen LogP contribution in [0, 0.1) is 5.82 Å². The summed E-state index contributed by atoms with van der Waals surface area (Å²) in [4.78, 5) is 27.6. The Morgan fingerprint density at radius 1 is 0.875 bits per heavy atom. The van der Waals surface area contributed by atoms with Crippen LogP contribution in [0.3, 0.4) is 0 Å².